The number of rotatable bonds is 2. The van der Waals surface area contributed by atoms with Gasteiger partial charge in [0, 0.05) is 5.69 Å². The quantitative estimate of drug-likeness (QED) is 0.741. The molecular weight excluding hydrogens is 308 g/mol. The molecule has 19 heavy (non-hydrogen) atoms. The molecule has 0 saturated carbocycles. The van der Waals surface area contributed by atoms with Gasteiger partial charge < -0.3 is 16.0 Å². The molecule has 1 aliphatic carbocycles. The molecule has 1 heterocycles. The number of halogens is 1. The van der Waals surface area contributed by atoms with E-state index in [0.717, 1.165) is 18.5 Å². The zero-order valence-corrected chi connectivity index (χ0v) is 11.7. The number of aryl methyl sites for hydroxylation is 1. The lowest BCUT2D eigenvalue weighted by molar-refractivity contribution is 0.755. The van der Waals surface area contributed by atoms with E-state index in [1.54, 1.807) is 0 Å². The molecule has 6 heteroatoms. The second-order valence-electron chi connectivity index (χ2n) is 4.59. The van der Waals surface area contributed by atoms with Gasteiger partial charge in [-0.2, -0.15) is 0 Å². The van der Waals surface area contributed by atoms with Crippen LogP contribution in [0, 0.1) is 0 Å². The molecule has 0 bridgehead atoms. The van der Waals surface area contributed by atoms with E-state index < -0.39 is 0 Å². The van der Waals surface area contributed by atoms with Gasteiger partial charge in [-0.15, -0.1) is 0 Å². The Labute approximate surface area is 118 Å². The number of anilines is 2. The molecule has 5 nitrogen and oxygen atoms in total. The normalized spacial score (nSPS) is 17.2. The highest BCUT2D eigenvalue weighted by Gasteiger charge is 2.23. The summed E-state index contributed by atoms with van der Waals surface area (Å²) in [5.74, 6) is 0.568. The molecule has 1 atom stereocenters. The van der Waals surface area contributed by atoms with Crippen molar-refractivity contribution >= 4 is 27.4 Å². The number of hydrogen-bond donors (Lipinski definition) is 3. The molecule has 4 N–H and O–H groups in total. The molecule has 0 amide bonds. The predicted octanol–water partition coefficient (Wildman–Crippen LogP) is 2.21. The zero-order chi connectivity index (χ0) is 13.4. The van der Waals surface area contributed by atoms with Crippen LogP contribution in [0.1, 0.15) is 23.6 Å². The van der Waals surface area contributed by atoms with Gasteiger partial charge in [0.25, 0.3) is 5.56 Å². The first-order valence-electron chi connectivity index (χ1n) is 6.03. The van der Waals surface area contributed by atoms with Gasteiger partial charge in [0.15, 0.2) is 0 Å². The van der Waals surface area contributed by atoms with Crippen LogP contribution in [0.5, 0.6) is 0 Å². The fraction of sp³-hybridized carbons (Fsp3) is 0.231. The van der Waals surface area contributed by atoms with E-state index in [1.807, 2.05) is 18.2 Å². The van der Waals surface area contributed by atoms with Crippen molar-refractivity contribution in [3.8, 4) is 0 Å². The molecule has 0 aliphatic heterocycles. The number of H-pyrrole nitrogens is 1. The number of aromatic amines is 1. The topological polar surface area (TPSA) is 83.8 Å². The van der Waals surface area contributed by atoms with Gasteiger partial charge in [-0.25, -0.2) is 4.98 Å². The predicted molar refractivity (Wildman–Crippen MR) is 78.1 cm³/mol. The molecule has 0 spiro atoms. The highest BCUT2D eigenvalue weighted by atomic mass is 79.9. The Morgan fingerprint density at radius 2 is 2.32 bits per heavy atom. The van der Waals surface area contributed by atoms with Gasteiger partial charge in [0.05, 0.1) is 12.4 Å². The van der Waals surface area contributed by atoms with E-state index in [-0.39, 0.29) is 11.6 Å². The van der Waals surface area contributed by atoms with E-state index in [0.29, 0.717) is 10.3 Å². The van der Waals surface area contributed by atoms with Crippen molar-refractivity contribution in [3.05, 3.63) is 50.5 Å². The van der Waals surface area contributed by atoms with Crippen LogP contribution in [0.25, 0.3) is 0 Å². The van der Waals surface area contributed by atoms with Crippen molar-refractivity contribution in [2.45, 2.75) is 18.9 Å². The Balaban J connectivity index is 1.91. The van der Waals surface area contributed by atoms with Gasteiger partial charge in [0.2, 0.25) is 0 Å². The number of nitrogen functional groups attached to an aromatic ring is 1. The lowest BCUT2D eigenvalue weighted by Gasteiger charge is -2.15. The molecule has 1 unspecified atom stereocenters. The fourth-order valence-corrected chi connectivity index (χ4v) is 2.77. The van der Waals surface area contributed by atoms with Crippen molar-refractivity contribution in [1.29, 1.82) is 0 Å². The van der Waals surface area contributed by atoms with Crippen LogP contribution in [0.15, 0.2) is 33.8 Å². The third kappa shape index (κ3) is 2.23. The lowest BCUT2D eigenvalue weighted by Crippen LogP contribution is -2.14. The van der Waals surface area contributed by atoms with Gasteiger partial charge in [-0.1, -0.05) is 6.07 Å². The maximum atomic E-state index is 11.5. The van der Waals surface area contributed by atoms with Crippen molar-refractivity contribution in [2.24, 2.45) is 0 Å². The SMILES string of the molecule is Nc1ccc2c(c1)CCC2Nc1nc[nH]c(=O)c1Br. The summed E-state index contributed by atoms with van der Waals surface area (Å²) in [5.41, 5.74) is 8.87. The molecule has 2 aromatic rings. The smallest absolute Gasteiger partial charge is 0.267 e. The summed E-state index contributed by atoms with van der Waals surface area (Å²) in [5, 5.41) is 3.31. The van der Waals surface area contributed by atoms with E-state index in [1.165, 1.54) is 17.5 Å². The summed E-state index contributed by atoms with van der Waals surface area (Å²) >= 11 is 3.25. The number of fused-ring (bicyclic) bond motifs is 1. The molecule has 0 fully saturated rings. The monoisotopic (exact) mass is 320 g/mol. The summed E-state index contributed by atoms with van der Waals surface area (Å²) in [6.45, 7) is 0. The Bertz CT molecular complexity index is 683. The molecule has 0 saturated heterocycles. The lowest BCUT2D eigenvalue weighted by atomic mass is 10.1. The number of aromatic nitrogens is 2. The number of nitrogens with one attached hydrogen (secondary N) is 2. The summed E-state index contributed by atoms with van der Waals surface area (Å²) < 4.78 is 0.430. The molecule has 0 radical (unpaired) electrons. The molecular formula is C13H13BrN4O. The van der Waals surface area contributed by atoms with Gasteiger partial charge >= 0.3 is 0 Å². The summed E-state index contributed by atoms with van der Waals surface area (Å²) in [7, 11) is 0. The van der Waals surface area contributed by atoms with Gasteiger partial charge in [0.1, 0.15) is 10.3 Å². The average molecular weight is 321 g/mol. The van der Waals surface area contributed by atoms with Crippen molar-refractivity contribution in [2.75, 3.05) is 11.1 Å². The third-order valence-electron chi connectivity index (χ3n) is 3.35. The number of nitrogens with zero attached hydrogens (tertiary/aromatic N) is 1. The zero-order valence-electron chi connectivity index (χ0n) is 10.1. The van der Waals surface area contributed by atoms with Crippen molar-refractivity contribution in [1.82, 2.24) is 9.97 Å². The number of benzene rings is 1. The Morgan fingerprint density at radius 3 is 3.16 bits per heavy atom. The van der Waals surface area contributed by atoms with Crippen molar-refractivity contribution < 1.29 is 0 Å². The highest BCUT2D eigenvalue weighted by Crippen LogP contribution is 2.35. The molecule has 98 valence electrons. The molecule has 3 rings (SSSR count). The second-order valence-corrected chi connectivity index (χ2v) is 5.38. The molecule has 1 aromatic carbocycles. The average Bonchev–Trinajstić information content (AvgIpc) is 2.77. The summed E-state index contributed by atoms with van der Waals surface area (Å²) in [6.07, 6.45) is 3.35. The van der Waals surface area contributed by atoms with Crippen molar-refractivity contribution in [3.63, 3.8) is 0 Å². The maximum Gasteiger partial charge on any atom is 0.267 e. The van der Waals surface area contributed by atoms with E-state index in [9.17, 15) is 4.79 Å². The number of nitrogens with two attached hydrogens (primary N) is 1. The van der Waals surface area contributed by atoms with Crippen LogP contribution in [-0.2, 0) is 6.42 Å². The van der Waals surface area contributed by atoms with Crippen LogP contribution < -0.4 is 16.6 Å². The standard InChI is InChI=1S/C13H13BrN4O/c14-11-12(16-6-17-13(11)19)18-10-4-1-7-5-8(15)2-3-9(7)10/h2-3,5-6,10H,1,4,15H2,(H2,16,17,18,19). The van der Waals surface area contributed by atoms with E-state index in [2.05, 4.69) is 31.2 Å². The summed E-state index contributed by atoms with van der Waals surface area (Å²) in [4.78, 5) is 18.2. The molecule has 1 aromatic heterocycles. The van der Waals surface area contributed by atoms with Gasteiger partial charge in [-0.3, -0.25) is 4.79 Å². The van der Waals surface area contributed by atoms with E-state index in [4.69, 9.17) is 5.73 Å². The minimum atomic E-state index is -0.187. The van der Waals surface area contributed by atoms with Gasteiger partial charge in [-0.05, 0) is 52.0 Å². The summed E-state index contributed by atoms with van der Waals surface area (Å²) in [6, 6.07) is 6.12. The maximum absolute atomic E-state index is 11.5. The fourth-order valence-electron chi connectivity index (χ4n) is 2.44. The van der Waals surface area contributed by atoms with Crippen LogP contribution >= 0.6 is 15.9 Å². The Morgan fingerprint density at radius 1 is 1.47 bits per heavy atom. The van der Waals surface area contributed by atoms with Crippen LogP contribution in [0.3, 0.4) is 0 Å². The highest BCUT2D eigenvalue weighted by molar-refractivity contribution is 9.10. The van der Waals surface area contributed by atoms with Crippen LogP contribution in [0.4, 0.5) is 11.5 Å². The second kappa shape index (κ2) is 4.70. The third-order valence-corrected chi connectivity index (χ3v) is 4.09. The first-order valence-corrected chi connectivity index (χ1v) is 6.82. The first kappa shape index (κ1) is 12.2. The van der Waals surface area contributed by atoms with E-state index >= 15 is 0 Å². The van der Waals surface area contributed by atoms with Crippen LogP contribution in [0.2, 0.25) is 0 Å². The Kier molecular flexibility index (Phi) is 3.02. The van der Waals surface area contributed by atoms with Crippen LogP contribution in [-0.4, -0.2) is 9.97 Å². The minimum Gasteiger partial charge on any atom is -0.399 e. The first-order chi connectivity index (χ1) is 9.15. The largest absolute Gasteiger partial charge is 0.399 e. The number of hydrogen-bond acceptors (Lipinski definition) is 4. The minimum absolute atomic E-state index is 0.168. The Hall–Kier alpha value is -1.82. The molecule has 1 aliphatic rings.